The summed E-state index contributed by atoms with van der Waals surface area (Å²) >= 11 is 0. The lowest BCUT2D eigenvalue weighted by molar-refractivity contribution is -0.118. The Kier molecular flexibility index (Phi) is 4.67. The van der Waals surface area contributed by atoms with Gasteiger partial charge in [-0.15, -0.1) is 0 Å². The molecule has 0 saturated carbocycles. The zero-order valence-corrected chi connectivity index (χ0v) is 16.3. The average Bonchev–Trinajstić information content (AvgIpc) is 3.12. The van der Waals surface area contributed by atoms with Crippen LogP contribution in [0.1, 0.15) is 34.2 Å². The van der Waals surface area contributed by atoms with Crippen molar-refractivity contribution in [2.45, 2.75) is 40.0 Å². The normalized spacial score (nSPS) is 12.8. The molecule has 0 bridgehead atoms. The molecule has 1 N–H and O–H groups in total. The number of carbonyl (C=O) groups excluding carboxylic acids is 1. The predicted octanol–water partition coefficient (Wildman–Crippen LogP) is 4.22. The van der Waals surface area contributed by atoms with Crippen molar-refractivity contribution in [2.75, 3.05) is 11.9 Å². The number of amides is 1. The number of benzene rings is 2. The van der Waals surface area contributed by atoms with Crippen molar-refractivity contribution in [1.82, 2.24) is 0 Å². The number of carbonyl (C=O) groups is 1. The fourth-order valence-corrected chi connectivity index (χ4v) is 3.90. The van der Waals surface area contributed by atoms with E-state index in [-0.39, 0.29) is 18.1 Å². The van der Waals surface area contributed by atoms with E-state index in [2.05, 4.69) is 5.32 Å². The third-order valence-electron chi connectivity index (χ3n) is 5.19. The third-order valence-corrected chi connectivity index (χ3v) is 5.19. The monoisotopic (exact) mass is 377 g/mol. The van der Waals surface area contributed by atoms with Gasteiger partial charge >= 0.3 is 5.63 Å². The number of aryl methyl sites for hydroxylation is 4. The Balaban J connectivity index is 1.60. The SMILES string of the molecule is Cc1ccc(NC(=O)COc2cc(C)cc3oc(=O)c4c(c23)CCC4)c(C)c1. The molecule has 0 radical (unpaired) electrons. The largest absolute Gasteiger partial charge is 0.483 e. The van der Waals surface area contributed by atoms with Crippen molar-refractivity contribution >= 4 is 22.6 Å². The molecule has 0 saturated heterocycles. The molecule has 2 aromatic carbocycles. The molecule has 3 aromatic rings. The Morgan fingerprint density at radius 1 is 1.07 bits per heavy atom. The van der Waals surface area contributed by atoms with Crippen LogP contribution in [0.5, 0.6) is 5.75 Å². The van der Waals surface area contributed by atoms with Crippen LogP contribution in [0.15, 0.2) is 39.5 Å². The van der Waals surface area contributed by atoms with Gasteiger partial charge in [0.1, 0.15) is 11.3 Å². The fraction of sp³-hybridized carbons (Fsp3) is 0.304. The van der Waals surface area contributed by atoms with E-state index in [1.807, 2.05) is 51.1 Å². The maximum atomic E-state index is 12.4. The van der Waals surface area contributed by atoms with Gasteiger partial charge in [-0.25, -0.2) is 4.79 Å². The maximum Gasteiger partial charge on any atom is 0.339 e. The van der Waals surface area contributed by atoms with E-state index in [9.17, 15) is 9.59 Å². The summed E-state index contributed by atoms with van der Waals surface area (Å²) in [5.41, 5.74) is 5.84. The van der Waals surface area contributed by atoms with Gasteiger partial charge in [0.2, 0.25) is 0 Å². The molecule has 1 aliphatic rings. The molecule has 4 rings (SSSR count). The summed E-state index contributed by atoms with van der Waals surface area (Å²) in [7, 11) is 0. The van der Waals surface area contributed by atoms with Gasteiger partial charge in [-0.05, 0) is 74.9 Å². The van der Waals surface area contributed by atoms with Crippen LogP contribution < -0.4 is 15.7 Å². The number of nitrogens with one attached hydrogen (secondary N) is 1. The van der Waals surface area contributed by atoms with Gasteiger partial charge < -0.3 is 14.5 Å². The Labute approximate surface area is 163 Å². The van der Waals surface area contributed by atoms with Crippen LogP contribution in [0, 0.1) is 20.8 Å². The topological polar surface area (TPSA) is 68.5 Å². The Hall–Kier alpha value is -3.08. The molecule has 0 unspecified atom stereocenters. The van der Waals surface area contributed by atoms with Gasteiger partial charge in [-0.1, -0.05) is 17.7 Å². The number of fused-ring (bicyclic) bond motifs is 3. The molecule has 5 nitrogen and oxygen atoms in total. The minimum atomic E-state index is -0.260. The van der Waals surface area contributed by atoms with E-state index in [1.54, 1.807) is 0 Å². The second kappa shape index (κ2) is 7.15. The maximum absolute atomic E-state index is 12.4. The number of ether oxygens (including phenoxy) is 1. The molecule has 28 heavy (non-hydrogen) atoms. The molecular formula is C23H23NO4. The van der Waals surface area contributed by atoms with E-state index in [0.717, 1.165) is 58.2 Å². The van der Waals surface area contributed by atoms with Crippen molar-refractivity contribution in [3.05, 3.63) is 68.6 Å². The predicted molar refractivity (Wildman–Crippen MR) is 109 cm³/mol. The van der Waals surface area contributed by atoms with E-state index in [0.29, 0.717) is 11.3 Å². The number of anilines is 1. The molecule has 0 spiro atoms. The average molecular weight is 377 g/mol. The van der Waals surface area contributed by atoms with Crippen molar-refractivity contribution in [3.8, 4) is 5.75 Å². The Morgan fingerprint density at radius 3 is 2.64 bits per heavy atom. The van der Waals surface area contributed by atoms with Crippen LogP contribution in [0.3, 0.4) is 0 Å². The lowest BCUT2D eigenvalue weighted by Crippen LogP contribution is -2.21. The summed E-state index contributed by atoms with van der Waals surface area (Å²) in [5, 5.41) is 3.71. The highest BCUT2D eigenvalue weighted by molar-refractivity contribution is 5.93. The van der Waals surface area contributed by atoms with Crippen molar-refractivity contribution in [3.63, 3.8) is 0 Å². The first kappa shape index (κ1) is 18.3. The smallest absolute Gasteiger partial charge is 0.339 e. The molecular weight excluding hydrogens is 354 g/mol. The zero-order chi connectivity index (χ0) is 19.8. The van der Waals surface area contributed by atoms with Crippen molar-refractivity contribution in [2.24, 2.45) is 0 Å². The van der Waals surface area contributed by atoms with Crippen molar-refractivity contribution in [1.29, 1.82) is 0 Å². The van der Waals surface area contributed by atoms with Crippen LogP contribution in [0.2, 0.25) is 0 Å². The Bertz CT molecular complexity index is 1140. The molecule has 1 aliphatic carbocycles. The highest BCUT2D eigenvalue weighted by atomic mass is 16.5. The summed E-state index contributed by atoms with van der Waals surface area (Å²) < 4.78 is 11.4. The van der Waals surface area contributed by atoms with Gasteiger partial charge in [-0.2, -0.15) is 0 Å². The molecule has 1 aromatic heterocycles. The minimum absolute atomic E-state index is 0.111. The third kappa shape index (κ3) is 3.40. The first-order valence-electron chi connectivity index (χ1n) is 9.51. The lowest BCUT2D eigenvalue weighted by atomic mass is 10.0. The number of hydrogen-bond donors (Lipinski definition) is 1. The van der Waals surface area contributed by atoms with Gasteiger partial charge in [0.25, 0.3) is 5.91 Å². The molecule has 5 heteroatoms. The van der Waals surface area contributed by atoms with Gasteiger partial charge in [-0.3, -0.25) is 4.79 Å². The highest BCUT2D eigenvalue weighted by Gasteiger charge is 2.22. The summed E-state index contributed by atoms with van der Waals surface area (Å²) in [5.74, 6) is 0.364. The van der Waals surface area contributed by atoms with E-state index < -0.39 is 0 Å². The summed E-state index contributed by atoms with van der Waals surface area (Å²) in [6, 6.07) is 9.62. The Morgan fingerprint density at radius 2 is 1.86 bits per heavy atom. The zero-order valence-electron chi connectivity index (χ0n) is 16.3. The van der Waals surface area contributed by atoms with Crippen LogP contribution in [0.4, 0.5) is 5.69 Å². The molecule has 1 amide bonds. The van der Waals surface area contributed by atoms with Gasteiger partial charge in [0, 0.05) is 11.3 Å². The molecule has 0 aliphatic heterocycles. The van der Waals surface area contributed by atoms with E-state index >= 15 is 0 Å². The van der Waals surface area contributed by atoms with Gasteiger partial charge in [0.15, 0.2) is 6.61 Å². The summed E-state index contributed by atoms with van der Waals surface area (Å²) in [6.07, 6.45) is 2.49. The highest BCUT2D eigenvalue weighted by Crippen LogP contribution is 2.35. The first-order valence-corrected chi connectivity index (χ1v) is 9.51. The van der Waals surface area contributed by atoms with Gasteiger partial charge in [0.05, 0.1) is 5.39 Å². The lowest BCUT2D eigenvalue weighted by Gasteiger charge is -2.13. The van der Waals surface area contributed by atoms with E-state index in [4.69, 9.17) is 9.15 Å². The molecule has 1 heterocycles. The van der Waals surface area contributed by atoms with Crippen molar-refractivity contribution < 1.29 is 13.9 Å². The number of hydrogen-bond acceptors (Lipinski definition) is 4. The second-order valence-corrected chi connectivity index (χ2v) is 7.49. The fourth-order valence-electron chi connectivity index (χ4n) is 3.90. The quantitative estimate of drug-likeness (QED) is 0.691. The molecule has 144 valence electrons. The van der Waals surface area contributed by atoms with E-state index in [1.165, 1.54) is 0 Å². The molecule has 0 atom stereocenters. The van der Waals surface area contributed by atoms with Crippen LogP contribution >= 0.6 is 0 Å². The summed E-state index contributed by atoms with van der Waals surface area (Å²) in [4.78, 5) is 24.6. The number of rotatable bonds is 4. The van der Waals surface area contributed by atoms with Crippen LogP contribution in [0.25, 0.3) is 11.0 Å². The summed E-state index contributed by atoms with van der Waals surface area (Å²) in [6.45, 7) is 5.78. The second-order valence-electron chi connectivity index (χ2n) is 7.49. The standard InChI is InChI=1S/C23H23NO4/c1-13-7-8-18(15(3)9-13)24-21(25)12-27-19-10-14(2)11-20-22(19)16-5-4-6-17(16)23(26)28-20/h7-11H,4-6,12H2,1-3H3,(H,24,25). The van der Waals surface area contributed by atoms with Crippen LogP contribution in [-0.2, 0) is 17.6 Å². The van der Waals surface area contributed by atoms with Crippen LogP contribution in [-0.4, -0.2) is 12.5 Å². The molecule has 0 fully saturated rings. The minimum Gasteiger partial charge on any atom is -0.483 e. The first-order chi connectivity index (χ1) is 13.4.